The largest absolute Gasteiger partial charge is 0.376 e. The molecule has 2 heterocycles. The van der Waals surface area contributed by atoms with Crippen LogP contribution in [0.25, 0.3) is 0 Å². The molecule has 2 rings (SSSR count). The van der Waals surface area contributed by atoms with Gasteiger partial charge in [0.05, 0.1) is 31.6 Å². The van der Waals surface area contributed by atoms with Gasteiger partial charge in [-0.25, -0.2) is 0 Å². The van der Waals surface area contributed by atoms with Crippen LogP contribution in [0.4, 0.5) is 0 Å². The maximum absolute atomic E-state index is 5.76. The van der Waals surface area contributed by atoms with E-state index < -0.39 is 0 Å². The van der Waals surface area contributed by atoms with Gasteiger partial charge in [-0.05, 0) is 19.5 Å². The molecule has 0 bridgehead atoms. The SMILES string of the molecule is CCCn1nccc1C(NC)C1COCCO1. The van der Waals surface area contributed by atoms with Crippen LogP contribution in [-0.4, -0.2) is 42.8 Å². The molecule has 96 valence electrons. The second-order valence-corrected chi connectivity index (χ2v) is 4.23. The van der Waals surface area contributed by atoms with Crippen LogP contribution in [0.5, 0.6) is 0 Å². The average Bonchev–Trinajstić information content (AvgIpc) is 2.81. The quantitative estimate of drug-likeness (QED) is 0.831. The van der Waals surface area contributed by atoms with Crippen molar-refractivity contribution in [3.63, 3.8) is 0 Å². The van der Waals surface area contributed by atoms with E-state index in [2.05, 4.69) is 23.4 Å². The first kappa shape index (κ1) is 12.5. The minimum Gasteiger partial charge on any atom is -0.376 e. The minimum atomic E-state index is 0.0704. The maximum Gasteiger partial charge on any atom is 0.102 e. The van der Waals surface area contributed by atoms with Crippen LogP contribution < -0.4 is 5.32 Å². The summed E-state index contributed by atoms with van der Waals surface area (Å²) in [5, 5.41) is 7.66. The Morgan fingerprint density at radius 2 is 2.47 bits per heavy atom. The van der Waals surface area contributed by atoms with E-state index in [1.165, 1.54) is 5.69 Å². The standard InChI is InChI=1S/C12H21N3O2/c1-3-6-15-10(4-5-14-15)12(13-2)11-9-16-7-8-17-11/h4-5,11-13H,3,6-9H2,1-2H3. The van der Waals surface area contributed by atoms with Gasteiger partial charge in [-0.15, -0.1) is 0 Å². The molecule has 5 nitrogen and oxygen atoms in total. The number of ether oxygens (including phenoxy) is 2. The van der Waals surface area contributed by atoms with Crippen LogP contribution in [0.3, 0.4) is 0 Å². The van der Waals surface area contributed by atoms with Crippen LogP contribution in [-0.2, 0) is 16.0 Å². The molecule has 1 aromatic rings. The normalized spacial score (nSPS) is 22.6. The van der Waals surface area contributed by atoms with Gasteiger partial charge in [-0.2, -0.15) is 5.10 Å². The van der Waals surface area contributed by atoms with Crippen molar-refractivity contribution in [1.82, 2.24) is 15.1 Å². The van der Waals surface area contributed by atoms with Gasteiger partial charge in [-0.1, -0.05) is 6.92 Å². The molecule has 2 unspecified atom stereocenters. The number of likely N-dealkylation sites (N-methyl/N-ethyl adjacent to an activating group) is 1. The molecule has 0 amide bonds. The summed E-state index contributed by atoms with van der Waals surface area (Å²) >= 11 is 0. The van der Waals surface area contributed by atoms with E-state index in [1.54, 1.807) is 0 Å². The molecule has 1 aliphatic rings. The molecule has 0 saturated carbocycles. The third-order valence-electron chi connectivity index (χ3n) is 3.03. The van der Waals surface area contributed by atoms with E-state index in [0.29, 0.717) is 19.8 Å². The molecule has 1 aromatic heterocycles. The Balaban J connectivity index is 2.12. The van der Waals surface area contributed by atoms with Gasteiger partial charge in [0, 0.05) is 12.7 Å². The van der Waals surface area contributed by atoms with Crippen LogP contribution in [0.15, 0.2) is 12.3 Å². The van der Waals surface area contributed by atoms with Crippen molar-refractivity contribution < 1.29 is 9.47 Å². The molecule has 0 aliphatic carbocycles. The van der Waals surface area contributed by atoms with Gasteiger partial charge in [-0.3, -0.25) is 4.68 Å². The zero-order valence-electron chi connectivity index (χ0n) is 10.6. The molecule has 1 saturated heterocycles. The predicted octanol–water partition coefficient (Wildman–Crippen LogP) is 0.969. The lowest BCUT2D eigenvalue weighted by Gasteiger charge is -2.30. The van der Waals surface area contributed by atoms with E-state index in [0.717, 1.165) is 13.0 Å². The number of aryl methyl sites for hydroxylation is 1. The summed E-state index contributed by atoms with van der Waals surface area (Å²) in [5.41, 5.74) is 1.17. The molecule has 2 atom stereocenters. The van der Waals surface area contributed by atoms with Gasteiger partial charge in [0.25, 0.3) is 0 Å². The highest BCUT2D eigenvalue weighted by atomic mass is 16.6. The predicted molar refractivity (Wildman–Crippen MR) is 64.9 cm³/mol. The molecular formula is C12H21N3O2. The Morgan fingerprint density at radius 1 is 1.59 bits per heavy atom. The number of rotatable bonds is 5. The van der Waals surface area contributed by atoms with E-state index in [4.69, 9.17) is 9.47 Å². The van der Waals surface area contributed by atoms with Gasteiger partial charge in [0.1, 0.15) is 6.10 Å². The van der Waals surface area contributed by atoms with Crippen molar-refractivity contribution in [1.29, 1.82) is 0 Å². The van der Waals surface area contributed by atoms with Crippen molar-refractivity contribution in [2.45, 2.75) is 32.0 Å². The molecule has 1 fully saturated rings. The molecular weight excluding hydrogens is 218 g/mol. The summed E-state index contributed by atoms with van der Waals surface area (Å²) in [5.74, 6) is 0. The zero-order valence-corrected chi connectivity index (χ0v) is 10.6. The number of hydrogen-bond donors (Lipinski definition) is 1. The number of aromatic nitrogens is 2. The Hall–Kier alpha value is -0.910. The van der Waals surface area contributed by atoms with Crippen LogP contribution >= 0.6 is 0 Å². The van der Waals surface area contributed by atoms with Gasteiger partial charge < -0.3 is 14.8 Å². The Labute approximate surface area is 102 Å². The first-order chi connectivity index (χ1) is 8.36. The minimum absolute atomic E-state index is 0.0704. The second-order valence-electron chi connectivity index (χ2n) is 4.23. The number of nitrogens with one attached hydrogen (secondary N) is 1. The fraction of sp³-hybridized carbons (Fsp3) is 0.750. The van der Waals surface area contributed by atoms with E-state index in [1.807, 2.05) is 17.9 Å². The molecule has 1 aliphatic heterocycles. The fourth-order valence-corrected chi connectivity index (χ4v) is 2.23. The summed E-state index contributed by atoms with van der Waals surface area (Å²) in [6.45, 7) is 5.10. The van der Waals surface area contributed by atoms with Crippen molar-refractivity contribution in [2.24, 2.45) is 0 Å². The Morgan fingerprint density at radius 3 is 3.12 bits per heavy atom. The van der Waals surface area contributed by atoms with E-state index in [9.17, 15) is 0 Å². The smallest absolute Gasteiger partial charge is 0.102 e. The fourth-order valence-electron chi connectivity index (χ4n) is 2.23. The van der Waals surface area contributed by atoms with Crippen LogP contribution in [0.2, 0.25) is 0 Å². The molecule has 0 aromatic carbocycles. The van der Waals surface area contributed by atoms with Crippen molar-refractivity contribution in [3.8, 4) is 0 Å². The highest BCUT2D eigenvalue weighted by molar-refractivity contribution is 5.09. The lowest BCUT2D eigenvalue weighted by molar-refractivity contribution is -0.102. The van der Waals surface area contributed by atoms with Gasteiger partial charge >= 0.3 is 0 Å². The molecule has 1 N–H and O–H groups in total. The summed E-state index contributed by atoms with van der Waals surface area (Å²) in [6.07, 6.45) is 2.99. The molecule has 0 spiro atoms. The van der Waals surface area contributed by atoms with Crippen molar-refractivity contribution in [3.05, 3.63) is 18.0 Å². The van der Waals surface area contributed by atoms with E-state index in [-0.39, 0.29) is 12.1 Å². The maximum atomic E-state index is 5.76. The summed E-state index contributed by atoms with van der Waals surface area (Å²) < 4.78 is 13.3. The molecule has 17 heavy (non-hydrogen) atoms. The number of hydrogen-bond acceptors (Lipinski definition) is 4. The highest BCUT2D eigenvalue weighted by Gasteiger charge is 2.27. The molecule has 0 radical (unpaired) electrons. The van der Waals surface area contributed by atoms with Crippen LogP contribution in [0.1, 0.15) is 25.1 Å². The monoisotopic (exact) mass is 239 g/mol. The first-order valence-electron chi connectivity index (χ1n) is 6.25. The third kappa shape index (κ3) is 2.86. The van der Waals surface area contributed by atoms with Crippen molar-refractivity contribution >= 4 is 0 Å². The molecule has 5 heteroatoms. The summed E-state index contributed by atoms with van der Waals surface area (Å²) in [4.78, 5) is 0. The van der Waals surface area contributed by atoms with Crippen molar-refractivity contribution in [2.75, 3.05) is 26.9 Å². The summed E-state index contributed by atoms with van der Waals surface area (Å²) in [7, 11) is 1.95. The Bertz CT molecular complexity index is 334. The van der Waals surface area contributed by atoms with Crippen LogP contribution in [0, 0.1) is 0 Å². The first-order valence-corrected chi connectivity index (χ1v) is 6.25. The Kier molecular flexibility index (Phi) is 4.53. The third-order valence-corrected chi connectivity index (χ3v) is 3.03. The summed E-state index contributed by atoms with van der Waals surface area (Å²) in [6, 6.07) is 2.19. The topological polar surface area (TPSA) is 48.3 Å². The lowest BCUT2D eigenvalue weighted by atomic mass is 10.1. The average molecular weight is 239 g/mol. The van der Waals surface area contributed by atoms with Gasteiger partial charge in [0.15, 0.2) is 0 Å². The second kappa shape index (κ2) is 6.14. The van der Waals surface area contributed by atoms with E-state index >= 15 is 0 Å². The zero-order chi connectivity index (χ0) is 12.1. The lowest BCUT2D eigenvalue weighted by Crippen LogP contribution is -2.40. The highest BCUT2D eigenvalue weighted by Crippen LogP contribution is 2.21. The number of nitrogens with zero attached hydrogens (tertiary/aromatic N) is 2. The van der Waals surface area contributed by atoms with Gasteiger partial charge in [0.2, 0.25) is 0 Å².